The van der Waals surface area contributed by atoms with E-state index in [0.29, 0.717) is 0 Å². The van der Waals surface area contributed by atoms with Gasteiger partial charge in [-0.15, -0.1) is 0 Å². The first-order valence-corrected chi connectivity index (χ1v) is 16.7. The highest BCUT2D eigenvalue weighted by molar-refractivity contribution is 7.90. The van der Waals surface area contributed by atoms with Crippen LogP contribution >= 0.6 is 0 Å². The number of rotatable bonds is 14. The van der Waals surface area contributed by atoms with Crippen LogP contribution in [0.3, 0.4) is 0 Å². The third-order valence-corrected chi connectivity index (χ3v) is 10.7. The lowest BCUT2D eigenvalue weighted by molar-refractivity contribution is 0.471. The molecule has 0 atom stereocenters. The summed E-state index contributed by atoms with van der Waals surface area (Å²) in [5.74, 6) is 0. The lowest BCUT2D eigenvalue weighted by Crippen LogP contribution is -2.37. The Balaban J connectivity index is 1.59. The van der Waals surface area contributed by atoms with Crippen LogP contribution in [-0.2, 0) is 30.1 Å². The van der Waals surface area contributed by atoms with Gasteiger partial charge in [-0.2, -0.15) is 4.31 Å². The van der Waals surface area contributed by atoms with Crippen molar-refractivity contribution in [3.63, 3.8) is 0 Å². The first-order valence-electron chi connectivity index (χ1n) is 12.2. The molecule has 0 aliphatic heterocycles. The first-order chi connectivity index (χ1) is 18.4. The van der Waals surface area contributed by atoms with Gasteiger partial charge in [0.2, 0.25) is 30.1 Å². The third-order valence-electron chi connectivity index (χ3n) is 5.81. The van der Waals surface area contributed by atoms with Crippen molar-refractivity contribution in [3.05, 3.63) is 108 Å². The topological polar surface area (TPSA) is 130 Å². The molecule has 0 saturated heterocycles. The van der Waals surface area contributed by atoms with E-state index in [1.54, 1.807) is 72.9 Å². The van der Waals surface area contributed by atoms with Gasteiger partial charge in [-0.3, -0.25) is 0 Å². The van der Waals surface area contributed by atoms with Crippen LogP contribution in [0.4, 0.5) is 0 Å². The highest BCUT2D eigenvalue weighted by Gasteiger charge is 2.28. The second kappa shape index (κ2) is 13.5. The van der Waals surface area contributed by atoms with Crippen LogP contribution in [0.25, 0.3) is 0 Å². The van der Waals surface area contributed by atoms with Crippen LogP contribution in [0.15, 0.2) is 107 Å². The van der Waals surface area contributed by atoms with Gasteiger partial charge in [0.1, 0.15) is 5.25 Å². The number of allylic oxidation sites excluding steroid dienone is 2. The van der Waals surface area contributed by atoms with E-state index >= 15 is 0 Å². The smallest absolute Gasteiger partial charge is 0.211 e. The molecule has 12 heteroatoms. The van der Waals surface area contributed by atoms with E-state index in [2.05, 4.69) is 9.44 Å². The van der Waals surface area contributed by atoms with Crippen molar-refractivity contribution < 1.29 is 25.3 Å². The van der Waals surface area contributed by atoms with Crippen molar-refractivity contribution >= 4 is 30.1 Å². The largest absolute Gasteiger partial charge is 0.240 e. The molecule has 0 fully saturated rings. The number of aryl methyl sites for hydroxylation is 2. The molecule has 0 saturated carbocycles. The molecule has 0 unspecified atom stereocenters. The molecule has 210 valence electrons. The van der Waals surface area contributed by atoms with E-state index in [-0.39, 0.29) is 36.0 Å². The Bertz CT molecular complexity index is 1450. The van der Waals surface area contributed by atoms with Crippen molar-refractivity contribution in [1.29, 1.82) is 0 Å². The van der Waals surface area contributed by atoms with Gasteiger partial charge >= 0.3 is 0 Å². The summed E-state index contributed by atoms with van der Waals surface area (Å²) in [4.78, 5) is 0.294. The quantitative estimate of drug-likeness (QED) is 0.325. The molecular weight excluding hydrogens is 559 g/mol. The van der Waals surface area contributed by atoms with Crippen molar-refractivity contribution in [2.75, 3.05) is 26.2 Å². The zero-order valence-electron chi connectivity index (χ0n) is 21.8. The molecule has 2 N–H and O–H groups in total. The molecule has 0 bridgehead atoms. The Morgan fingerprint density at radius 3 is 1.41 bits per heavy atom. The number of hydrogen-bond acceptors (Lipinski definition) is 6. The summed E-state index contributed by atoms with van der Waals surface area (Å²) in [7, 11) is -11.1. The zero-order valence-corrected chi connectivity index (χ0v) is 24.2. The molecule has 3 rings (SSSR count). The summed E-state index contributed by atoms with van der Waals surface area (Å²) in [6.45, 7) is 3.72. The maximum absolute atomic E-state index is 13.1. The lowest BCUT2D eigenvalue weighted by Gasteiger charge is -2.22. The van der Waals surface area contributed by atoms with Gasteiger partial charge in [-0.05, 0) is 38.1 Å². The molecule has 0 heterocycles. The monoisotopic (exact) mass is 591 g/mol. The first kappa shape index (κ1) is 30.7. The molecule has 1 aliphatic rings. The van der Waals surface area contributed by atoms with Crippen molar-refractivity contribution in [1.82, 2.24) is 13.7 Å². The Labute approximate surface area is 231 Å². The molecule has 2 aromatic carbocycles. The maximum atomic E-state index is 13.1. The average Bonchev–Trinajstić information content (AvgIpc) is 3.44. The van der Waals surface area contributed by atoms with E-state index in [9.17, 15) is 25.3 Å². The predicted octanol–water partition coefficient (Wildman–Crippen LogP) is 2.80. The van der Waals surface area contributed by atoms with Crippen molar-refractivity contribution in [2.24, 2.45) is 0 Å². The van der Waals surface area contributed by atoms with E-state index in [1.165, 1.54) is 28.6 Å². The van der Waals surface area contributed by atoms with Crippen LogP contribution in [-0.4, -0.2) is 61.0 Å². The highest BCUT2D eigenvalue weighted by atomic mass is 32.2. The summed E-state index contributed by atoms with van der Waals surface area (Å²) in [6, 6.07) is 12.9. The predicted molar refractivity (Wildman–Crippen MR) is 154 cm³/mol. The summed E-state index contributed by atoms with van der Waals surface area (Å²) in [6.07, 6.45) is 12.7. The van der Waals surface area contributed by atoms with E-state index in [1.807, 2.05) is 13.8 Å². The average molecular weight is 592 g/mol. The molecule has 9 nitrogen and oxygen atoms in total. The summed E-state index contributed by atoms with van der Waals surface area (Å²) < 4.78 is 82.2. The fourth-order valence-corrected chi connectivity index (χ4v) is 7.00. The van der Waals surface area contributed by atoms with Crippen LogP contribution in [0, 0.1) is 13.8 Å². The molecule has 1 aliphatic carbocycles. The van der Waals surface area contributed by atoms with Crippen LogP contribution in [0.2, 0.25) is 0 Å². The molecule has 2 aromatic rings. The lowest BCUT2D eigenvalue weighted by atomic mass is 10.2. The van der Waals surface area contributed by atoms with E-state index in [4.69, 9.17) is 0 Å². The molecular formula is C27H33N3O6S3. The van der Waals surface area contributed by atoms with Gasteiger partial charge in [-0.25, -0.2) is 34.7 Å². The normalized spacial score (nSPS) is 14.8. The van der Waals surface area contributed by atoms with Gasteiger partial charge < -0.3 is 0 Å². The number of nitrogens with zero attached hydrogens (tertiary/aromatic N) is 1. The number of hydrogen-bond donors (Lipinski definition) is 2. The van der Waals surface area contributed by atoms with Gasteiger partial charge in [0.25, 0.3) is 0 Å². The molecule has 0 radical (unpaired) electrons. The second-order valence-electron chi connectivity index (χ2n) is 8.87. The Hall–Kier alpha value is -2.87. The summed E-state index contributed by atoms with van der Waals surface area (Å²) in [5.41, 5.74) is 1.89. The van der Waals surface area contributed by atoms with Crippen molar-refractivity contribution in [3.8, 4) is 0 Å². The Morgan fingerprint density at radius 2 is 1.03 bits per heavy atom. The highest BCUT2D eigenvalue weighted by Crippen LogP contribution is 2.16. The number of benzene rings is 2. The minimum Gasteiger partial charge on any atom is -0.211 e. The minimum atomic E-state index is -3.75. The molecule has 39 heavy (non-hydrogen) atoms. The fraction of sp³-hybridized carbons (Fsp3) is 0.259. The molecule has 0 amide bonds. The Kier molecular flexibility index (Phi) is 10.6. The van der Waals surface area contributed by atoms with Gasteiger partial charge in [-0.1, -0.05) is 84.0 Å². The molecule has 0 aromatic heterocycles. The number of nitrogens with one attached hydrogen (secondary N) is 2. The van der Waals surface area contributed by atoms with Crippen LogP contribution < -0.4 is 9.44 Å². The molecule has 0 spiro atoms. The van der Waals surface area contributed by atoms with Crippen LogP contribution in [0.1, 0.15) is 11.1 Å². The van der Waals surface area contributed by atoms with Gasteiger partial charge in [0, 0.05) is 26.2 Å². The van der Waals surface area contributed by atoms with Crippen molar-refractivity contribution in [2.45, 2.75) is 28.9 Å². The maximum Gasteiger partial charge on any atom is 0.240 e. The minimum absolute atomic E-state index is 0.00616. The number of sulfonamides is 3. The van der Waals surface area contributed by atoms with E-state index < -0.39 is 35.3 Å². The fourth-order valence-electron chi connectivity index (χ4n) is 3.53. The van der Waals surface area contributed by atoms with Gasteiger partial charge in [0.15, 0.2) is 0 Å². The van der Waals surface area contributed by atoms with Crippen LogP contribution in [0.5, 0.6) is 0 Å². The van der Waals surface area contributed by atoms with E-state index in [0.717, 1.165) is 11.1 Å². The second-order valence-corrected chi connectivity index (χ2v) is 14.5. The zero-order chi connectivity index (χ0) is 28.5. The summed E-state index contributed by atoms with van der Waals surface area (Å²) >= 11 is 0. The third kappa shape index (κ3) is 8.82. The standard InChI is InChI=1S/C27H33N3O6S3/c1-23-11-15-25(16-12-23)37(31,32)28-19-5-7-21-30(39(35,36)27-9-3-4-10-27)22-8-6-20-29-38(33,34)26-17-13-24(2)14-18-26/h3-18,27-29H,19-22H2,1-2H3/b7-5+,8-6+. The Morgan fingerprint density at radius 1 is 0.641 bits per heavy atom. The summed E-state index contributed by atoms with van der Waals surface area (Å²) in [5, 5.41) is -0.806. The SMILES string of the molecule is Cc1ccc(S(=O)(=O)NC/C=C/CN(C/C=C/CNS(=O)(=O)c2ccc(C)cc2)S(=O)(=O)C2C=CC=C2)cc1. The van der Waals surface area contributed by atoms with Gasteiger partial charge in [0.05, 0.1) is 9.79 Å².